The van der Waals surface area contributed by atoms with E-state index in [0.29, 0.717) is 0 Å². The lowest BCUT2D eigenvalue weighted by Crippen LogP contribution is -2.27. The lowest BCUT2D eigenvalue weighted by atomic mass is 10.1. The zero-order valence-electron chi connectivity index (χ0n) is 13.5. The standard InChI is InChI=1S/C18H18N4O2/c1-12(21-18(24)17-16(23)9-6-10-19-17)15-11-20-22(13(15)2)14-7-4-3-5-8-14/h3-12,23H,1-2H3,(H,21,24)/t12-/m1/s1. The normalized spacial score (nSPS) is 11.9. The number of nitrogens with zero attached hydrogens (tertiary/aromatic N) is 3. The number of hydrogen-bond acceptors (Lipinski definition) is 4. The summed E-state index contributed by atoms with van der Waals surface area (Å²) in [5.41, 5.74) is 2.82. The van der Waals surface area contributed by atoms with Gasteiger partial charge in [-0.1, -0.05) is 18.2 Å². The Hall–Kier alpha value is -3.15. The summed E-state index contributed by atoms with van der Waals surface area (Å²) in [5.74, 6) is -0.564. The summed E-state index contributed by atoms with van der Waals surface area (Å²) in [5, 5.41) is 17.0. The van der Waals surface area contributed by atoms with Crippen LogP contribution in [-0.4, -0.2) is 25.8 Å². The van der Waals surface area contributed by atoms with Crippen LogP contribution in [0.5, 0.6) is 5.75 Å². The minimum atomic E-state index is -0.424. The van der Waals surface area contributed by atoms with Crippen molar-refractivity contribution in [3.05, 3.63) is 71.8 Å². The number of aromatic nitrogens is 3. The first-order chi connectivity index (χ1) is 11.6. The highest BCUT2D eigenvalue weighted by Crippen LogP contribution is 2.21. The molecular weight excluding hydrogens is 304 g/mol. The quantitative estimate of drug-likeness (QED) is 0.774. The van der Waals surface area contributed by atoms with E-state index in [1.807, 2.05) is 48.9 Å². The fourth-order valence-electron chi connectivity index (χ4n) is 2.59. The maximum atomic E-state index is 12.3. The molecule has 0 bridgehead atoms. The number of para-hydroxylation sites is 1. The predicted octanol–water partition coefficient (Wildman–Crippen LogP) is 2.77. The number of benzene rings is 1. The fraction of sp³-hybridized carbons (Fsp3) is 0.167. The largest absolute Gasteiger partial charge is 0.505 e. The van der Waals surface area contributed by atoms with Crippen molar-refractivity contribution in [2.24, 2.45) is 0 Å². The van der Waals surface area contributed by atoms with Crippen LogP contribution in [0.25, 0.3) is 5.69 Å². The van der Waals surface area contributed by atoms with Gasteiger partial charge in [0, 0.05) is 17.5 Å². The average molecular weight is 322 g/mol. The van der Waals surface area contributed by atoms with E-state index in [2.05, 4.69) is 15.4 Å². The number of pyridine rings is 1. The molecule has 2 heterocycles. The van der Waals surface area contributed by atoms with Crippen molar-refractivity contribution in [1.82, 2.24) is 20.1 Å². The highest BCUT2D eigenvalue weighted by Gasteiger charge is 2.19. The Labute approximate surface area is 139 Å². The summed E-state index contributed by atoms with van der Waals surface area (Å²) in [6.45, 7) is 3.83. The summed E-state index contributed by atoms with van der Waals surface area (Å²) in [4.78, 5) is 16.2. The van der Waals surface area contributed by atoms with E-state index in [4.69, 9.17) is 0 Å². The van der Waals surface area contributed by atoms with E-state index in [1.54, 1.807) is 12.3 Å². The van der Waals surface area contributed by atoms with Gasteiger partial charge in [0.15, 0.2) is 5.69 Å². The SMILES string of the molecule is Cc1c([C@@H](C)NC(=O)c2ncccc2O)cnn1-c1ccccc1. The van der Waals surface area contributed by atoms with Gasteiger partial charge in [0.25, 0.3) is 5.91 Å². The summed E-state index contributed by atoms with van der Waals surface area (Å²) in [6, 6.07) is 12.5. The molecule has 1 amide bonds. The van der Waals surface area contributed by atoms with E-state index >= 15 is 0 Å². The Morgan fingerprint density at radius 3 is 2.67 bits per heavy atom. The molecule has 1 aromatic carbocycles. The summed E-state index contributed by atoms with van der Waals surface area (Å²) in [6.07, 6.45) is 3.21. The fourth-order valence-corrected chi connectivity index (χ4v) is 2.59. The smallest absolute Gasteiger partial charge is 0.274 e. The number of amides is 1. The number of rotatable bonds is 4. The second-order valence-corrected chi connectivity index (χ2v) is 5.50. The van der Waals surface area contributed by atoms with E-state index < -0.39 is 5.91 Å². The zero-order valence-corrected chi connectivity index (χ0v) is 13.5. The molecule has 1 atom stereocenters. The first-order valence-corrected chi connectivity index (χ1v) is 7.62. The third-order valence-corrected chi connectivity index (χ3v) is 3.86. The van der Waals surface area contributed by atoms with Gasteiger partial charge >= 0.3 is 0 Å². The molecule has 122 valence electrons. The van der Waals surface area contributed by atoms with Crippen LogP contribution < -0.4 is 5.32 Å². The topological polar surface area (TPSA) is 80.0 Å². The van der Waals surface area contributed by atoms with E-state index in [-0.39, 0.29) is 17.5 Å². The van der Waals surface area contributed by atoms with Crippen molar-refractivity contribution >= 4 is 5.91 Å². The number of nitrogens with one attached hydrogen (secondary N) is 1. The third-order valence-electron chi connectivity index (χ3n) is 3.86. The molecule has 0 aliphatic carbocycles. The average Bonchev–Trinajstić information content (AvgIpc) is 2.97. The van der Waals surface area contributed by atoms with Gasteiger partial charge in [-0.3, -0.25) is 4.79 Å². The van der Waals surface area contributed by atoms with Gasteiger partial charge in [0.2, 0.25) is 0 Å². The van der Waals surface area contributed by atoms with Gasteiger partial charge in [-0.15, -0.1) is 0 Å². The maximum absolute atomic E-state index is 12.3. The summed E-state index contributed by atoms with van der Waals surface area (Å²) in [7, 11) is 0. The van der Waals surface area contributed by atoms with E-state index in [0.717, 1.165) is 16.9 Å². The Bertz CT molecular complexity index is 858. The second kappa shape index (κ2) is 6.54. The lowest BCUT2D eigenvalue weighted by molar-refractivity contribution is 0.0932. The molecule has 0 saturated heterocycles. The van der Waals surface area contributed by atoms with Crippen LogP contribution in [0.1, 0.15) is 34.7 Å². The van der Waals surface area contributed by atoms with Crippen molar-refractivity contribution in [2.75, 3.05) is 0 Å². The highest BCUT2D eigenvalue weighted by atomic mass is 16.3. The molecule has 3 rings (SSSR count). The van der Waals surface area contributed by atoms with Gasteiger partial charge < -0.3 is 10.4 Å². The van der Waals surface area contributed by atoms with Gasteiger partial charge in [-0.05, 0) is 38.1 Å². The molecule has 0 aliphatic rings. The molecule has 0 saturated carbocycles. The number of aromatic hydroxyl groups is 1. The molecule has 0 unspecified atom stereocenters. The van der Waals surface area contributed by atoms with Gasteiger partial charge in [-0.2, -0.15) is 5.10 Å². The lowest BCUT2D eigenvalue weighted by Gasteiger charge is -2.14. The number of carbonyl (C=O) groups is 1. The van der Waals surface area contributed by atoms with Crippen LogP contribution in [0.15, 0.2) is 54.9 Å². The van der Waals surface area contributed by atoms with Crippen LogP contribution in [0.4, 0.5) is 0 Å². The molecule has 6 heteroatoms. The molecule has 0 radical (unpaired) electrons. The molecule has 2 N–H and O–H groups in total. The highest BCUT2D eigenvalue weighted by molar-refractivity contribution is 5.94. The first-order valence-electron chi connectivity index (χ1n) is 7.62. The zero-order chi connectivity index (χ0) is 17.1. The predicted molar refractivity (Wildman–Crippen MR) is 90.1 cm³/mol. The van der Waals surface area contributed by atoms with E-state index in [9.17, 15) is 9.90 Å². The van der Waals surface area contributed by atoms with E-state index in [1.165, 1.54) is 12.3 Å². The van der Waals surface area contributed by atoms with Gasteiger partial charge in [0.05, 0.1) is 17.9 Å². The van der Waals surface area contributed by atoms with Gasteiger partial charge in [0.1, 0.15) is 5.75 Å². The summed E-state index contributed by atoms with van der Waals surface area (Å²) < 4.78 is 1.83. The molecule has 24 heavy (non-hydrogen) atoms. The Kier molecular flexibility index (Phi) is 4.29. The van der Waals surface area contributed by atoms with Crippen LogP contribution in [0.3, 0.4) is 0 Å². The third kappa shape index (κ3) is 2.99. The Morgan fingerprint density at radius 1 is 1.21 bits per heavy atom. The van der Waals surface area contributed by atoms with Crippen molar-refractivity contribution in [3.8, 4) is 11.4 Å². The van der Waals surface area contributed by atoms with Gasteiger partial charge in [-0.25, -0.2) is 9.67 Å². The monoisotopic (exact) mass is 322 g/mol. The van der Waals surface area contributed by atoms with Crippen LogP contribution in [-0.2, 0) is 0 Å². The van der Waals surface area contributed by atoms with Crippen LogP contribution in [0, 0.1) is 6.92 Å². The number of carbonyl (C=O) groups excluding carboxylic acids is 1. The molecular formula is C18H18N4O2. The first kappa shape index (κ1) is 15.7. The van der Waals surface area contributed by atoms with Crippen molar-refractivity contribution in [2.45, 2.75) is 19.9 Å². The second-order valence-electron chi connectivity index (χ2n) is 5.50. The molecule has 3 aromatic rings. The molecule has 6 nitrogen and oxygen atoms in total. The molecule has 0 spiro atoms. The minimum absolute atomic E-state index is 0.0115. The van der Waals surface area contributed by atoms with Crippen LogP contribution >= 0.6 is 0 Å². The van der Waals surface area contributed by atoms with Crippen LogP contribution in [0.2, 0.25) is 0 Å². The van der Waals surface area contributed by atoms with Crippen molar-refractivity contribution in [3.63, 3.8) is 0 Å². The Balaban J connectivity index is 1.81. The molecule has 0 aliphatic heterocycles. The summed E-state index contributed by atoms with van der Waals surface area (Å²) >= 11 is 0. The van der Waals surface area contributed by atoms with Crippen molar-refractivity contribution < 1.29 is 9.90 Å². The number of hydrogen-bond donors (Lipinski definition) is 2. The Morgan fingerprint density at radius 2 is 1.96 bits per heavy atom. The minimum Gasteiger partial charge on any atom is -0.505 e. The molecule has 0 fully saturated rings. The maximum Gasteiger partial charge on any atom is 0.274 e. The molecule has 2 aromatic heterocycles. The van der Waals surface area contributed by atoms with Crippen molar-refractivity contribution in [1.29, 1.82) is 0 Å².